The minimum Gasteiger partial charge on any atom is -0.480 e. The molecule has 1 aromatic rings. The van der Waals surface area contributed by atoms with Crippen molar-refractivity contribution in [1.29, 1.82) is 0 Å². The van der Waals surface area contributed by atoms with Gasteiger partial charge in [-0.1, -0.05) is 35.9 Å². The van der Waals surface area contributed by atoms with Crippen LogP contribution in [0.5, 0.6) is 0 Å². The summed E-state index contributed by atoms with van der Waals surface area (Å²) >= 11 is 5.91. The van der Waals surface area contributed by atoms with Crippen molar-refractivity contribution in [3.8, 4) is 0 Å². The van der Waals surface area contributed by atoms with Crippen LogP contribution in [0.4, 0.5) is 0 Å². The zero-order valence-corrected chi connectivity index (χ0v) is 10.8. The summed E-state index contributed by atoms with van der Waals surface area (Å²) in [5, 5.41) is 8.50. The van der Waals surface area contributed by atoms with E-state index in [0.29, 0.717) is 0 Å². The second-order valence-corrected chi connectivity index (χ2v) is 4.49. The fraction of sp³-hybridized carbons (Fsp3) is 0.154. The SMILES string of the molecule is CN(CC(=O)O)C1=C(Cl)C(=O)c2ccccc2C1=O. The van der Waals surface area contributed by atoms with Gasteiger partial charge >= 0.3 is 5.97 Å². The lowest BCUT2D eigenvalue weighted by atomic mass is 9.92. The van der Waals surface area contributed by atoms with Crippen molar-refractivity contribution in [3.05, 3.63) is 46.1 Å². The Labute approximate surface area is 114 Å². The van der Waals surface area contributed by atoms with E-state index in [1.165, 1.54) is 24.1 Å². The second kappa shape index (κ2) is 4.85. The van der Waals surface area contributed by atoms with E-state index in [4.69, 9.17) is 16.7 Å². The molecule has 1 aliphatic rings. The maximum absolute atomic E-state index is 12.3. The van der Waals surface area contributed by atoms with Gasteiger partial charge in [0, 0.05) is 18.2 Å². The minimum atomic E-state index is -1.11. The van der Waals surface area contributed by atoms with Gasteiger partial charge in [-0.05, 0) is 0 Å². The van der Waals surface area contributed by atoms with E-state index in [1.807, 2.05) is 0 Å². The van der Waals surface area contributed by atoms with Crippen molar-refractivity contribution in [2.75, 3.05) is 13.6 Å². The molecule has 6 heteroatoms. The minimum absolute atomic E-state index is 0.0761. The molecule has 0 radical (unpaired) electrons. The highest BCUT2D eigenvalue weighted by atomic mass is 35.5. The quantitative estimate of drug-likeness (QED) is 0.908. The largest absolute Gasteiger partial charge is 0.480 e. The van der Waals surface area contributed by atoms with Crippen molar-refractivity contribution >= 4 is 29.1 Å². The van der Waals surface area contributed by atoms with E-state index in [0.717, 1.165) is 0 Å². The summed E-state index contributed by atoms with van der Waals surface area (Å²) in [5.41, 5.74) is 0.405. The normalized spacial score (nSPS) is 14.4. The lowest BCUT2D eigenvalue weighted by molar-refractivity contribution is -0.137. The first-order valence-corrected chi connectivity index (χ1v) is 5.82. The van der Waals surface area contributed by atoms with Crippen LogP contribution in [0, 0.1) is 0 Å². The first kappa shape index (κ1) is 13.3. The van der Waals surface area contributed by atoms with Gasteiger partial charge in [0.2, 0.25) is 11.6 Å². The first-order valence-electron chi connectivity index (χ1n) is 5.44. The van der Waals surface area contributed by atoms with E-state index >= 15 is 0 Å². The van der Waals surface area contributed by atoms with Gasteiger partial charge in [-0.15, -0.1) is 0 Å². The number of fused-ring (bicyclic) bond motifs is 1. The molecule has 0 saturated heterocycles. The average Bonchev–Trinajstić information content (AvgIpc) is 2.35. The summed E-state index contributed by atoms with van der Waals surface area (Å²) in [5.74, 6) is -2.02. The average molecular weight is 280 g/mol. The molecule has 98 valence electrons. The molecule has 5 nitrogen and oxygen atoms in total. The number of aliphatic carboxylic acids is 1. The number of carbonyl (C=O) groups is 3. The van der Waals surface area contributed by atoms with Crippen molar-refractivity contribution in [1.82, 2.24) is 4.90 Å². The Morgan fingerprint density at radius 1 is 1.21 bits per heavy atom. The number of carbonyl (C=O) groups excluding carboxylic acids is 2. The van der Waals surface area contributed by atoms with Crippen molar-refractivity contribution in [2.45, 2.75) is 0 Å². The number of Topliss-reactive ketones (excluding diaryl/α,β-unsaturated/α-hetero) is 2. The van der Waals surface area contributed by atoms with Gasteiger partial charge in [0.25, 0.3) is 0 Å². The maximum Gasteiger partial charge on any atom is 0.323 e. The molecule has 0 spiro atoms. The highest BCUT2D eigenvalue weighted by Crippen LogP contribution is 2.29. The number of rotatable bonds is 3. The Bertz CT molecular complexity index is 621. The van der Waals surface area contributed by atoms with Gasteiger partial charge in [0.05, 0.1) is 0 Å². The molecule has 0 bridgehead atoms. The van der Waals surface area contributed by atoms with Gasteiger partial charge in [-0.2, -0.15) is 0 Å². The van der Waals surface area contributed by atoms with Gasteiger partial charge in [0.1, 0.15) is 17.3 Å². The Balaban J connectivity index is 2.51. The van der Waals surface area contributed by atoms with E-state index in [2.05, 4.69) is 0 Å². The number of nitrogens with zero attached hydrogens (tertiary/aromatic N) is 1. The molecule has 19 heavy (non-hydrogen) atoms. The summed E-state index contributed by atoms with van der Waals surface area (Å²) in [7, 11) is 1.41. The molecule has 0 unspecified atom stereocenters. The molecular formula is C13H10ClNO4. The third kappa shape index (κ3) is 2.24. The van der Waals surface area contributed by atoms with Crippen molar-refractivity contribution in [3.63, 3.8) is 0 Å². The number of halogens is 1. The molecular weight excluding hydrogens is 270 g/mol. The van der Waals surface area contributed by atoms with Crippen molar-refractivity contribution < 1.29 is 19.5 Å². The van der Waals surface area contributed by atoms with Crippen LogP contribution in [0.3, 0.4) is 0 Å². The predicted octanol–water partition coefficient (Wildman–Crippen LogP) is 1.53. The van der Waals surface area contributed by atoms with Crippen LogP contribution in [-0.2, 0) is 4.79 Å². The number of carboxylic acid groups (broad SMARTS) is 1. The van der Waals surface area contributed by atoms with E-state index in [1.54, 1.807) is 12.1 Å². The molecule has 0 aromatic heterocycles. The number of likely N-dealkylation sites (N-methyl/N-ethyl adjacent to an activating group) is 1. The molecule has 0 fully saturated rings. The Hall–Kier alpha value is -2.14. The summed E-state index contributed by atoms with van der Waals surface area (Å²) in [6, 6.07) is 6.32. The second-order valence-electron chi connectivity index (χ2n) is 4.12. The fourth-order valence-corrected chi connectivity index (χ4v) is 2.29. The van der Waals surface area contributed by atoms with Crippen LogP contribution in [0.1, 0.15) is 20.7 Å². The van der Waals surface area contributed by atoms with Crippen LogP contribution < -0.4 is 0 Å². The zero-order valence-electron chi connectivity index (χ0n) is 10.0. The number of allylic oxidation sites excluding steroid dienone is 2. The molecule has 1 N–H and O–H groups in total. The topological polar surface area (TPSA) is 74.7 Å². The summed E-state index contributed by atoms with van der Waals surface area (Å²) in [6.07, 6.45) is 0. The van der Waals surface area contributed by atoms with Gasteiger partial charge < -0.3 is 10.0 Å². The smallest absolute Gasteiger partial charge is 0.323 e. The van der Waals surface area contributed by atoms with Gasteiger partial charge in [0.15, 0.2) is 0 Å². The zero-order chi connectivity index (χ0) is 14.2. The van der Waals surface area contributed by atoms with Gasteiger partial charge in [-0.3, -0.25) is 14.4 Å². The summed E-state index contributed by atoms with van der Waals surface area (Å²) < 4.78 is 0. The molecule has 2 rings (SSSR count). The molecule has 0 heterocycles. The molecule has 1 aromatic carbocycles. The van der Waals surface area contributed by atoms with Crippen LogP contribution >= 0.6 is 11.6 Å². The molecule has 0 atom stereocenters. The Morgan fingerprint density at radius 2 is 1.74 bits per heavy atom. The number of hydrogen-bond acceptors (Lipinski definition) is 4. The molecule has 0 saturated carbocycles. The number of hydrogen-bond donors (Lipinski definition) is 1. The number of ketones is 2. The van der Waals surface area contributed by atoms with E-state index in [9.17, 15) is 14.4 Å². The summed E-state index contributed by atoms with van der Waals surface area (Å²) in [6.45, 7) is -0.410. The third-order valence-electron chi connectivity index (χ3n) is 2.79. The van der Waals surface area contributed by atoms with Gasteiger partial charge in [-0.25, -0.2) is 0 Å². The number of carboxylic acids is 1. The molecule has 0 amide bonds. The number of benzene rings is 1. The monoisotopic (exact) mass is 279 g/mol. The lowest BCUT2D eigenvalue weighted by Gasteiger charge is -2.24. The van der Waals surface area contributed by atoms with Crippen LogP contribution in [0.2, 0.25) is 0 Å². The molecule has 0 aliphatic heterocycles. The Kier molecular flexibility index (Phi) is 3.40. The maximum atomic E-state index is 12.3. The van der Waals surface area contributed by atoms with Crippen LogP contribution in [0.15, 0.2) is 35.0 Å². The fourth-order valence-electron chi connectivity index (χ4n) is 1.95. The lowest BCUT2D eigenvalue weighted by Crippen LogP contribution is -2.33. The van der Waals surface area contributed by atoms with Crippen LogP contribution in [-0.4, -0.2) is 41.1 Å². The van der Waals surface area contributed by atoms with Crippen molar-refractivity contribution in [2.24, 2.45) is 0 Å². The first-order chi connectivity index (χ1) is 8.93. The highest BCUT2D eigenvalue weighted by molar-refractivity contribution is 6.49. The third-order valence-corrected chi connectivity index (χ3v) is 3.14. The van der Waals surface area contributed by atoms with E-state index < -0.39 is 24.1 Å². The highest BCUT2D eigenvalue weighted by Gasteiger charge is 2.33. The summed E-state index contributed by atoms with van der Waals surface area (Å²) in [4.78, 5) is 36.2. The van der Waals surface area contributed by atoms with Crippen LogP contribution in [0.25, 0.3) is 0 Å². The van der Waals surface area contributed by atoms with E-state index in [-0.39, 0.29) is 21.9 Å². The molecule has 1 aliphatic carbocycles. The standard InChI is InChI=1S/C13H10ClNO4/c1-15(6-9(16)17)11-10(14)12(18)7-4-2-3-5-8(7)13(11)19/h2-5H,6H2,1H3,(H,16,17). The Morgan fingerprint density at radius 3 is 2.26 bits per heavy atom. The predicted molar refractivity (Wildman–Crippen MR) is 68.2 cm³/mol.